The molecule has 3 nitrogen and oxygen atoms in total. The van der Waals surface area contributed by atoms with Gasteiger partial charge in [-0.05, 0) is 44.1 Å². The van der Waals surface area contributed by atoms with E-state index in [4.69, 9.17) is 4.74 Å². The molecule has 0 aromatic heterocycles. The fourth-order valence-electron chi connectivity index (χ4n) is 3.64. The van der Waals surface area contributed by atoms with Crippen molar-refractivity contribution in [2.45, 2.75) is 45.6 Å². The number of hydrogen-bond acceptors (Lipinski definition) is 3. The lowest BCUT2D eigenvalue weighted by Gasteiger charge is -2.33. The third-order valence-corrected chi connectivity index (χ3v) is 5.34. The summed E-state index contributed by atoms with van der Waals surface area (Å²) in [5.41, 5.74) is 0.397. The van der Waals surface area contributed by atoms with E-state index in [1.165, 1.54) is 51.9 Å². The van der Waals surface area contributed by atoms with Crippen LogP contribution in [0, 0.1) is 17.3 Å². The standard InChI is InChI=1S/C16H30N2O/c1-13(2)14-5-7-18(9-14)11-16(6-8-19-12-16)10-17-15-3-4-15/h13-15,17H,3-12H2,1-2H3. The average Bonchev–Trinajstić information content (AvgIpc) is 2.91. The lowest BCUT2D eigenvalue weighted by Crippen LogP contribution is -2.44. The molecule has 2 saturated heterocycles. The predicted molar refractivity (Wildman–Crippen MR) is 78.3 cm³/mol. The zero-order valence-corrected chi connectivity index (χ0v) is 12.7. The van der Waals surface area contributed by atoms with Crippen LogP contribution in [0.25, 0.3) is 0 Å². The number of likely N-dealkylation sites (tertiary alicyclic amines) is 1. The minimum absolute atomic E-state index is 0.397. The lowest BCUT2D eigenvalue weighted by molar-refractivity contribution is 0.115. The molecule has 1 aliphatic carbocycles. The summed E-state index contributed by atoms with van der Waals surface area (Å²) in [6, 6.07) is 0.819. The normalized spacial score (nSPS) is 36.5. The van der Waals surface area contributed by atoms with E-state index in [0.29, 0.717) is 5.41 Å². The second-order valence-electron chi connectivity index (χ2n) is 7.49. The van der Waals surface area contributed by atoms with E-state index in [0.717, 1.165) is 31.1 Å². The molecule has 110 valence electrons. The molecule has 0 bridgehead atoms. The molecule has 0 aromatic rings. The molecule has 2 heterocycles. The number of hydrogen-bond donors (Lipinski definition) is 1. The van der Waals surface area contributed by atoms with Crippen LogP contribution in [0.2, 0.25) is 0 Å². The SMILES string of the molecule is CC(C)C1CCN(CC2(CNC3CC3)CCOC2)C1. The first-order chi connectivity index (χ1) is 9.17. The van der Waals surface area contributed by atoms with Crippen LogP contribution in [0.5, 0.6) is 0 Å². The topological polar surface area (TPSA) is 24.5 Å². The quantitative estimate of drug-likeness (QED) is 0.797. The van der Waals surface area contributed by atoms with Gasteiger partial charge in [0.15, 0.2) is 0 Å². The number of nitrogens with one attached hydrogen (secondary N) is 1. The monoisotopic (exact) mass is 266 g/mol. The molecule has 0 amide bonds. The Hall–Kier alpha value is -0.120. The summed E-state index contributed by atoms with van der Waals surface area (Å²) in [6.07, 6.45) is 5.41. The van der Waals surface area contributed by atoms with Crippen LogP contribution in [0.3, 0.4) is 0 Å². The van der Waals surface area contributed by atoms with Crippen LogP contribution < -0.4 is 5.32 Å². The van der Waals surface area contributed by atoms with Gasteiger partial charge in [0.05, 0.1) is 6.61 Å². The van der Waals surface area contributed by atoms with Crippen molar-refractivity contribution in [2.24, 2.45) is 17.3 Å². The number of rotatable bonds is 6. The molecular weight excluding hydrogens is 236 g/mol. The largest absolute Gasteiger partial charge is 0.381 e. The van der Waals surface area contributed by atoms with Gasteiger partial charge in [0.2, 0.25) is 0 Å². The van der Waals surface area contributed by atoms with Gasteiger partial charge in [-0.2, -0.15) is 0 Å². The van der Waals surface area contributed by atoms with Gasteiger partial charge in [-0.25, -0.2) is 0 Å². The highest BCUT2D eigenvalue weighted by Crippen LogP contribution is 2.33. The van der Waals surface area contributed by atoms with Crippen molar-refractivity contribution in [1.82, 2.24) is 10.2 Å². The summed E-state index contributed by atoms with van der Waals surface area (Å²) in [5, 5.41) is 3.74. The molecular formula is C16H30N2O. The maximum Gasteiger partial charge on any atom is 0.0547 e. The zero-order chi connectivity index (χ0) is 13.3. The summed E-state index contributed by atoms with van der Waals surface area (Å²) >= 11 is 0. The highest BCUT2D eigenvalue weighted by molar-refractivity contribution is 4.93. The summed E-state index contributed by atoms with van der Waals surface area (Å²) in [5.74, 6) is 1.75. The Bertz CT molecular complexity index is 295. The first-order valence-electron chi connectivity index (χ1n) is 8.20. The molecule has 2 unspecified atom stereocenters. The highest BCUT2D eigenvalue weighted by atomic mass is 16.5. The van der Waals surface area contributed by atoms with Gasteiger partial charge in [-0.3, -0.25) is 0 Å². The summed E-state index contributed by atoms with van der Waals surface area (Å²) in [7, 11) is 0. The van der Waals surface area contributed by atoms with Crippen LogP contribution in [-0.4, -0.2) is 50.3 Å². The molecule has 0 aromatic carbocycles. The smallest absolute Gasteiger partial charge is 0.0547 e. The predicted octanol–water partition coefficient (Wildman–Crippen LogP) is 2.12. The molecule has 0 radical (unpaired) electrons. The molecule has 0 spiro atoms. The summed E-state index contributed by atoms with van der Waals surface area (Å²) < 4.78 is 5.73. The summed E-state index contributed by atoms with van der Waals surface area (Å²) in [6.45, 7) is 11.7. The van der Waals surface area contributed by atoms with Crippen molar-refractivity contribution in [3.05, 3.63) is 0 Å². The van der Waals surface area contributed by atoms with Crippen LogP contribution in [0.4, 0.5) is 0 Å². The van der Waals surface area contributed by atoms with Crippen molar-refractivity contribution in [1.29, 1.82) is 0 Å². The molecule has 1 saturated carbocycles. The minimum atomic E-state index is 0.397. The highest BCUT2D eigenvalue weighted by Gasteiger charge is 2.39. The van der Waals surface area contributed by atoms with Crippen molar-refractivity contribution in [2.75, 3.05) is 39.4 Å². The molecule has 2 aliphatic heterocycles. The molecule has 3 heteroatoms. The number of nitrogens with zero attached hydrogens (tertiary/aromatic N) is 1. The minimum Gasteiger partial charge on any atom is -0.381 e. The van der Waals surface area contributed by atoms with Crippen LogP contribution >= 0.6 is 0 Å². The molecule has 19 heavy (non-hydrogen) atoms. The van der Waals surface area contributed by atoms with Crippen LogP contribution in [0.1, 0.15) is 39.5 Å². The van der Waals surface area contributed by atoms with E-state index in [9.17, 15) is 0 Å². The summed E-state index contributed by atoms with van der Waals surface area (Å²) in [4.78, 5) is 2.70. The Labute approximate surface area is 118 Å². The Morgan fingerprint density at radius 1 is 1.32 bits per heavy atom. The van der Waals surface area contributed by atoms with Gasteiger partial charge in [0.1, 0.15) is 0 Å². The zero-order valence-electron chi connectivity index (χ0n) is 12.7. The average molecular weight is 266 g/mol. The third kappa shape index (κ3) is 3.50. The van der Waals surface area contributed by atoms with Crippen LogP contribution in [-0.2, 0) is 4.74 Å². The van der Waals surface area contributed by atoms with E-state index < -0.39 is 0 Å². The van der Waals surface area contributed by atoms with Gasteiger partial charge in [-0.15, -0.1) is 0 Å². The molecule has 3 rings (SSSR count). The lowest BCUT2D eigenvalue weighted by atomic mass is 9.86. The Morgan fingerprint density at radius 2 is 2.16 bits per heavy atom. The molecule has 3 aliphatic rings. The van der Waals surface area contributed by atoms with E-state index in [-0.39, 0.29) is 0 Å². The van der Waals surface area contributed by atoms with Crippen molar-refractivity contribution < 1.29 is 4.74 Å². The maximum absolute atomic E-state index is 5.73. The fraction of sp³-hybridized carbons (Fsp3) is 1.00. The molecule has 2 atom stereocenters. The van der Waals surface area contributed by atoms with Crippen molar-refractivity contribution in [3.8, 4) is 0 Å². The van der Waals surface area contributed by atoms with Gasteiger partial charge in [-0.1, -0.05) is 13.8 Å². The van der Waals surface area contributed by atoms with Gasteiger partial charge >= 0.3 is 0 Å². The third-order valence-electron chi connectivity index (χ3n) is 5.34. The Balaban J connectivity index is 1.52. The van der Waals surface area contributed by atoms with Gasteiger partial charge < -0.3 is 15.0 Å². The van der Waals surface area contributed by atoms with Crippen LogP contribution in [0.15, 0.2) is 0 Å². The second kappa shape index (κ2) is 5.71. The fourth-order valence-corrected chi connectivity index (χ4v) is 3.64. The van der Waals surface area contributed by atoms with Crippen molar-refractivity contribution in [3.63, 3.8) is 0 Å². The van der Waals surface area contributed by atoms with E-state index in [2.05, 4.69) is 24.1 Å². The maximum atomic E-state index is 5.73. The van der Waals surface area contributed by atoms with Gasteiger partial charge in [0.25, 0.3) is 0 Å². The van der Waals surface area contributed by atoms with E-state index in [1.54, 1.807) is 0 Å². The molecule has 1 N–H and O–H groups in total. The van der Waals surface area contributed by atoms with Gasteiger partial charge in [0, 0.05) is 37.7 Å². The second-order valence-corrected chi connectivity index (χ2v) is 7.49. The molecule has 3 fully saturated rings. The Kier molecular flexibility index (Phi) is 4.16. The first-order valence-corrected chi connectivity index (χ1v) is 8.20. The van der Waals surface area contributed by atoms with E-state index >= 15 is 0 Å². The first kappa shape index (κ1) is 13.8. The Morgan fingerprint density at radius 3 is 2.74 bits per heavy atom. The van der Waals surface area contributed by atoms with Crippen molar-refractivity contribution >= 4 is 0 Å². The number of ether oxygens (including phenoxy) is 1. The van der Waals surface area contributed by atoms with E-state index in [1.807, 2.05) is 0 Å².